The second-order valence-electron chi connectivity index (χ2n) is 4.95. The van der Waals surface area contributed by atoms with E-state index in [-0.39, 0.29) is 0 Å². The molecular weight excluding hydrogens is 316 g/mol. The van der Waals surface area contributed by atoms with E-state index in [9.17, 15) is 5.11 Å². The van der Waals surface area contributed by atoms with E-state index in [4.69, 9.17) is 0 Å². The van der Waals surface area contributed by atoms with Crippen molar-refractivity contribution in [2.24, 2.45) is 0 Å². The molecule has 2 rings (SSSR count). The summed E-state index contributed by atoms with van der Waals surface area (Å²) >= 11 is 3.43. The maximum atomic E-state index is 10.2. The number of aliphatic hydroxyl groups excluding tert-OH is 1. The van der Waals surface area contributed by atoms with Crippen LogP contribution in [0, 0.1) is 0 Å². The molecule has 1 aromatic heterocycles. The van der Waals surface area contributed by atoms with Gasteiger partial charge < -0.3 is 10.0 Å². The molecule has 1 unspecified atom stereocenters. The van der Waals surface area contributed by atoms with Crippen LogP contribution in [0.5, 0.6) is 0 Å². The third kappa shape index (κ3) is 4.71. The van der Waals surface area contributed by atoms with Crippen LogP contribution < -0.4 is 0 Å². The molecule has 0 radical (unpaired) electrons. The molecule has 0 spiro atoms. The lowest BCUT2D eigenvalue weighted by Crippen LogP contribution is -2.20. The van der Waals surface area contributed by atoms with Crippen molar-refractivity contribution >= 4 is 15.9 Å². The van der Waals surface area contributed by atoms with E-state index in [0.29, 0.717) is 0 Å². The van der Waals surface area contributed by atoms with Gasteiger partial charge in [0.25, 0.3) is 0 Å². The third-order valence-electron chi connectivity index (χ3n) is 3.22. The normalized spacial score (nSPS) is 12.6. The predicted octanol–water partition coefficient (Wildman–Crippen LogP) is 3.40. The van der Waals surface area contributed by atoms with Crippen molar-refractivity contribution in [3.63, 3.8) is 0 Å². The molecule has 0 saturated carbocycles. The Bertz CT molecular complexity index is 533. The smallest absolute Gasteiger partial charge is 0.0802 e. The molecule has 20 heavy (non-hydrogen) atoms. The van der Waals surface area contributed by atoms with Gasteiger partial charge in [-0.15, -0.1) is 0 Å². The van der Waals surface area contributed by atoms with Gasteiger partial charge in [-0.05, 0) is 48.9 Å². The summed E-state index contributed by atoms with van der Waals surface area (Å²) in [6, 6.07) is 11.9. The van der Waals surface area contributed by atoms with Crippen molar-refractivity contribution < 1.29 is 5.11 Å². The predicted molar refractivity (Wildman–Crippen MR) is 84.3 cm³/mol. The highest BCUT2D eigenvalue weighted by Gasteiger charge is 2.09. The van der Waals surface area contributed by atoms with Gasteiger partial charge in [0, 0.05) is 30.0 Å². The summed E-state index contributed by atoms with van der Waals surface area (Å²) in [5.74, 6) is 0. The Hall–Kier alpha value is -1.23. The number of hydrogen-bond acceptors (Lipinski definition) is 3. The summed E-state index contributed by atoms with van der Waals surface area (Å²) in [6.07, 6.45) is 3.91. The van der Waals surface area contributed by atoms with Crippen LogP contribution in [-0.4, -0.2) is 28.6 Å². The highest BCUT2D eigenvalue weighted by atomic mass is 79.9. The molecule has 0 fully saturated rings. The number of halogens is 1. The minimum Gasteiger partial charge on any atom is -0.388 e. The van der Waals surface area contributed by atoms with Crippen LogP contribution in [0.15, 0.2) is 53.3 Å². The molecule has 1 heterocycles. The molecule has 0 amide bonds. The summed E-state index contributed by atoms with van der Waals surface area (Å²) in [5.41, 5.74) is 2.19. The molecule has 0 aliphatic heterocycles. The highest BCUT2D eigenvalue weighted by molar-refractivity contribution is 9.10. The largest absolute Gasteiger partial charge is 0.388 e. The molecule has 1 aromatic carbocycles. The molecule has 4 heteroatoms. The third-order valence-corrected chi connectivity index (χ3v) is 3.71. The lowest BCUT2D eigenvalue weighted by molar-refractivity contribution is 0.147. The fraction of sp³-hybridized carbons (Fsp3) is 0.312. The highest BCUT2D eigenvalue weighted by Crippen LogP contribution is 2.20. The fourth-order valence-electron chi connectivity index (χ4n) is 2.10. The van der Waals surface area contributed by atoms with Gasteiger partial charge in [0.15, 0.2) is 0 Å². The average Bonchev–Trinajstić information content (AvgIpc) is 2.46. The van der Waals surface area contributed by atoms with Crippen LogP contribution in [0.1, 0.15) is 23.7 Å². The minimum atomic E-state index is -0.424. The van der Waals surface area contributed by atoms with Gasteiger partial charge in [-0.3, -0.25) is 4.98 Å². The summed E-state index contributed by atoms with van der Waals surface area (Å²) < 4.78 is 0.999. The molecule has 3 nitrogen and oxygen atoms in total. The van der Waals surface area contributed by atoms with E-state index >= 15 is 0 Å². The Morgan fingerprint density at radius 1 is 1.25 bits per heavy atom. The lowest BCUT2D eigenvalue weighted by Gasteiger charge is -2.19. The molecule has 106 valence electrons. The first-order valence-electron chi connectivity index (χ1n) is 6.66. The molecule has 2 aromatic rings. The van der Waals surface area contributed by atoms with Gasteiger partial charge in [-0.2, -0.15) is 0 Å². The van der Waals surface area contributed by atoms with E-state index in [2.05, 4.69) is 32.9 Å². The summed E-state index contributed by atoms with van der Waals surface area (Å²) in [4.78, 5) is 6.22. The topological polar surface area (TPSA) is 36.4 Å². The molecule has 0 bridgehead atoms. The Balaban J connectivity index is 1.82. The maximum absolute atomic E-state index is 10.2. The summed E-state index contributed by atoms with van der Waals surface area (Å²) in [6.45, 7) is 1.71. The lowest BCUT2D eigenvalue weighted by atomic mass is 10.1. The van der Waals surface area contributed by atoms with Crippen LogP contribution in [0.4, 0.5) is 0 Å². The van der Waals surface area contributed by atoms with E-state index in [0.717, 1.165) is 29.5 Å². The first-order valence-corrected chi connectivity index (χ1v) is 7.45. The first-order chi connectivity index (χ1) is 9.65. The number of aliphatic hydroxyl groups is 1. The number of hydrogen-bond donors (Lipinski definition) is 1. The van der Waals surface area contributed by atoms with E-state index in [1.165, 1.54) is 5.56 Å². The maximum Gasteiger partial charge on any atom is 0.0802 e. The molecule has 1 N–H and O–H groups in total. The molecule has 0 aliphatic rings. The second kappa shape index (κ2) is 7.53. The minimum absolute atomic E-state index is 0.424. The van der Waals surface area contributed by atoms with Crippen LogP contribution in [0.2, 0.25) is 0 Å². The quantitative estimate of drug-likeness (QED) is 0.879. The Labute approximate surface area is 128 Å². The summed E-state index contributed by atoms with van der Waals surface area (Å²) in [7, 11) is 2.06. The van der Waals surface area contributed by atoms with Gasteiger partial charge >= 0.3 is 0 Å². The van der Waals surface area contributed by atoms with Crippen molar-refractivity contribution in [1.82, 2.24) is 9.88 Å². The number of aromatic nitrogens is 1. The molecule has 0 saturated heterocycles. The van der Waals surface area contributed by atoms with Gasteiger partial charge in [0.2, 0.25) is 0 Å². The molecular formula is C16H19BrN2O. The SMILES string of the molecule is CN(CCC(O)c1cccc(Br)c1)Cc1ccncc1. The van der Waals surface area contributed by atoms with Crippen LogP contribution in [0.3, 0.4) is 0 Å². The van der Waals surface area contributed by atoms with Gasteiger partial charge in [-0.25, -0.2) is 0 Å². The van der Waals surface area contributed by atoms with Gasteiger partial charge in [-0.1, -0.05) is 28.1 Å². The second-order valence-corrected chi connectivity index (χ2v) is 5.87. The first kappa shape index (κ1) is 15.2. The van der Waals surface area contributed by atoms with Crippen molar-refractivity contribution in [3.8, 4) is 0 Å². The Morgan fingerprint density at radius 3 is 2.70 bits per heavy atom. The Kier molecular flexibility index (Phi) is 5.71. The molecule has 1 atom stereocenters. The van der Waals surface area contributed by atoms with Crippen LogP contribution in [-0.2, 0) is 6.54 Å². The van der Waals surface area contributed by atoms with Gasteiger partial charge in [0.05, 0.1) is 6.10 Å². The zero-order valence-corrected chi connectivity index (χ0v) is 13.1. The van der Waals surface area contributed by atoms with E-state index in [1.807, 2.05) is 36.4 Å². The number of benzene rings is 1. The number of rotatable bonds is 6. The molecule has 0 aliphatic carbocycles. The summed E-state index contributed by atoms with van der Waals surface area (Å²) in [5, 5.41) is 10.2. The monoisotopic (exact) mass is 334 g/mol. The van der Waals surface area contributed by atoms with Crippen molar-refractivity contribution in [2.75, 3.05) is 13.6 Å². The number of pyridine rings is 1. The van der Waals surface area contributed by atoms with Gasteiger partial charge in [0.1, 0.15) is 0 Å². The zero-order valence-electron chi connectivity index (χ0n) is 11.5. The fourth-order valence-corrected chi connectivity index (χ4v) is 2.52. The van der Waals surface area contributed by atoms with Crippen molar-refractivity contribution in [1.29, 1.82) is 0 Å². The van der Waals surface area contributed by atoms with Crippen molar-refractivity contribution in [2.45, 2.75) is 19.1 Å². The standard InChI is InChI=1S/C16H19BrN2O/c1-19(12-13-5-8-18-9-6-13)10-7-16(20)14-3-2-4-15(17)11-14/h2-6,8-9,11,16,20H,7,10,12H2,1H3. The zero-order chi connectivity index (χ0) is 14.4. The average molecular weight is 335 g/mol. The van der Waals surface area contributed by atoms with E-state index < -0.39 is 6.10 Å². The number of nitrogens with zero attached hydrogens (tertiary/aromatic N) is 2. The Morgan fingerprint density at radius 2 is 2.00 bits per heavy atom. The van der Waals surface area contributed by atoms with Crippen LogP contribution in [0.25, 0.3) is 0 Å². The van der Waals surface area contributed by atoms with Crippen molar-refractivity contribution in [3.05, 3.63) is 64.4 Å². The van der Waals surface area contributed by atoms with Crippen LogP contribution >= 0.6 is 15.9 Å². The van der Waals surface area contributed by atoms with E-state index in [1.54, 1.807) is 12.4 Å².